The van der Waals surface area contributed by atoms with Crippen LogP contribution in [0.25, 0.3) is 10.9 Å². The highest BCUT2D eigenvalue weighted by atomic mass is 16.2. The summed E-state index contributed by atoms with van der Waals surface area (Å²) in [6, 6.07) is 16.8. The smallest absolute Gasteiger partial charge is 0.312 e. The number of H-pyrrole nitrogens is 1. The first kappa shape index (κ1) is 14.7. The fourth-order valence-corrected chi connectivity index (χ4v) is 2.31. The first-order valence-corrected chi connectivity index (χ1v) is 7.17. The summed E-state index contributed by atoms with van der Waals surface area (Å²) in [6.07, 6.45) is 1.54. The van der Waals surface area contributed by atoms with E-state index in [0.717, 1.165) is 16.5 Å². The molecule has 5 nitrogen and oxygen atoms in total. The molecular weight excluding hydrogens is 290 g/mol. The molecule has 0 atom stereocenters. The van der Waals surface area contributed by atoms with Crippen LogP contribution in [-0.2, 0) is 4.79 Å². The number of hydrogen-bond acceptors (Lipinski definition) is 3. The van der Waals surface area contributed by atoms with Gasteiger partial charge in [0.2, 0.25) is 0 Å². The lowest BCUT2D eigenvalue weighted by atomic mass is 10.1. The van der Waals surface area contributed by atoms with Gasteiger partial charge in [0.25, 0.3) is 5.78 Å². The van der Waals surface area contributed by atoms with Crippen LogP contribution in [0.15, 0.2) is 65.9 Å². The second-order valence-corrected chi connectivity index (χ2v) is 5.08. The molecule has 23 heavy (non-hydrogen) atoms. The van der Waals surface area contributed by atoms with E-state index in [1.54, 1.807) is 19.2 Å². The number of rotatable bonds is 4. The van der Waals surface area contributed by atoms with E-state index >= 15 is 0 Å². The molecule has 3 aromatic rings. The molecule has 0 aliphatic rings. The zero-order valence-corrected chi connectivity index (χ0v) is 12.5. The Morgan fingerprint density at radius 1 is 1.00 bits per heavy atom. The van der Waals surface area contributed by atoms with Gasteiger partial charge in [-0.25, -0.2) is 5.43 Å². The Bertz CT molecular complexity index is 895. The maximum absolute atomic E-state index is 12.3. The van der Waals surface area contributed by atoms with Crippen molar-refractivity contribution in [3.63, 3.8) is 0 Å². The van der Waals surface area contributed by atoms with Crippen molar-refractivity contribution in [3.8, 4) is 0 Å². The number of carbonyl (C=O) groups excluding carboxylic acids is 2. The number of benzene rings is 2. The third-order valence-electron chi connectivity index (χ3n) is 3.56. The minimum absolute atomic E-state index is 0.339. The molecule has 0 radical (unpaired) electrons. The first-order chi connectivity index (χ1) is 11.2. The molecule has 0 aliphatic carbocycles. The van der Waals surface area contributed by atoms with E-state index in [-0.39, 0.29) is 0 Å². The summed E-state index contributed by atoms with van der Waals surface area (Å²) in [5, 5.41) is 4.71. The molecular formula is C18H15N3O2. The summed E-state index contributed by atoms with van der Waals surface area (Å²) in [7, 11) is 0. The maximum Gasteiger partial charge on any atom is 0.312 e. The molecule has 2 aromatic carbocycles. The van der Waals surface area contributed by atoms with E-state index < -0.39 is 11.7 Å². The highest BCUT2D eigenvalue weighted by molar-refractivity contribution is 6.45. The first-order valence-electron chi connectivity index (χ1n) is 7.17. The SMILES string of the molecule is CC(=NNC(=O)C(=O)c1c[nH]c2ccccc12)c1ccccc1. The molecule has 0 unspecified atom stereocenters. The second kappa shape index (κ2) is 6.27. The van der Waals surface area contributed by atoms with Crippen LogP contribution in [0, 0.1) is 0 Å². The van der Waals surface area contributed by atoms with Gasteiger partial charge in [-0.3, -0.25) is 9.59 Å². The monoisotopic (exact) mass is 305 g/mol. The number of Topliss-reactive ketones (excluding diaryl/α,β-unsaturated/α-hetero) is 1. The Morgan fingerprint density at radius 2 is 1.70 bits per heavy atom. The van der Waals surface area contributed by atoms with Crippen molar-refractivity contribution in [2.75, 3.05) is 0 Å². The fraction of sp³-hybridized carbons (Fsp3) is 0.0556. The number of carbonyl (C=O) groups is 2. The minimum atomic E-state index is -0.759. The highest BCUT2D eigenvalue weighted by Crippen LogP contribution is 2.18. The summed E-state index contributed by atoms with van der Waals surface area (Å²) in [5.41, 5.74) is 4.98. The van der Waals surface area contributed by atoms with Gasteiger partial charge < -0.3 is 4.98 Å². The van der Waals surface area contributed by atoms with E-state index in [1.807, 2.05) is 48.5 Å². The zero-order valence-electron chi connectivity index (χ0n) is 12.5. The predicted octanol–water partition coefficient (Wildman–Crippen LogP) is 2.89. The Morgan fingerprint density at radius 3 is 2.48 bits per heavy atom. The summed E-state index contributed by atoms with van der Waals surface area (Å²) in [4.78, 5) is 27.3. The number of nitrogens with one attached hydrogen (secondary N) is 2. The van der Waals surface area contributed by atoms with Crippen molar-refractivity contribution >= 4 is 28.3 Å². The quantitative estimate of drug-likeness (QED) is 0.336. The Kier molecular flexibility index (Phi) is 4.01. The lowest BCUT2D eigenvalue weighted by Crippen LogP contribution is -2.27. The highest BCUT2D eigenvalue weighted by Gasteiger charge is 2.19. The maximum atomic E-state index is 12.3. The van der Waals surface area contributed by atoms with Crippen LogP contribution in [0.5, 0.6) is 0 Å². The molecule has 5 heteroatoms. The number of hydrogen-bond donors (Lipinski definition) is 2. The molecule has 3 rings (SSSR count). The van der Waals surface area contributed by atoms with Crippen LogP contribution in [-0.4, -0.2) is 22.4 Å². The number of nitrogens with zero attached hydrogens (tertiary/aromatic N) is 1. The van der Waals surface area contributed by atoms with Crippen LogP contribution < -0.4 is 5.43 Å². The number of amides is 1. The van der Waals surface area contributed by atoms with Gasteiger partial charge in [-0.2, -0.15) is 5.10 Å². The number of aromatic nitrogens is 1. The van der Waals surface area contributed by atoms with Crippen LogP contribution in [0.1, 0.15) is 22.8 Å². The summed E-state index contributed by atoms with van der Waals surface area (Å²) in [6.45, 7) is 1.77. The molecule has 0 saturated heterocycles. The van der Waals surface area contributed by atoms with Crippen molar-refractivity contribution in [1.82, 2.24) is 10.4 Å². The number of hydrazone groups is 1. The molecule has 1 heterocycles. The van der Waals surface area contributed by atoms with Crippen molar-refractivity contribution in [3.05, 3.63) is 71.9 Å². The van der Waals surface area contributed by atoms with Gasteiger partial charge >= 0.3 is 5.91 Å². The van der Waals surface area contributed by atoms with Gasteiger partial charge in [0.1, 0.15) is 0 Å². The molecule has 0 aliphatic heterocycles. The van der Waals surface area contributed by atoms with Gasteiger partial charge in [-0.1, -0.05) is 48.5 Å². The fourth-order valence-electron chi connectivity index (χ4n) is 2.31. The van der Waals surface area contributed by atoms with Crippen LogP contribution >= 0.6 is 0 Å². The standard InChI is InChI=1S/C18H15N3O2/c1-12(13-7-3-2-4-8-13)20-21-18(23)17(22)15-11-19-16-10-6-5-9-14(15)16/h2-11,19H,1H3,(H,21,23). The van der Waals surface area contributed by atoms with E-state index in [0.29, 0.717) is 11.3 Å². The molecule has 1 amide bonds. The largest absolute Gasteiger partial charge is 0.360 e. The van der Waals surface area contributed by atoms with E-state index in [4.69, 9.17) is 0 Å². The molecule has 0 saturated carbocycles. The third kappa shape index (κ3) is 3.03. The van der Waals surface area contributed by atoms with Gasteiger partial charge in [-0.15, -0.1) is 0 Å². The van der Waals surface area contributed by atoms with Crippen molar-refractivity contribution in [1.29, 1.82) is 0 Å². The molecule has 0 fully saturated rings. The van der Waals surface area contributed by atoms with E-state index in [9.17, 15) is 9.59 Å². The lowest BCUT2D eigenvalue weighted by Gasteiger charge is -2.02. The third-order valence-corrected chi connectivity index (χ3v) is 3.56. The zero-order chi connectivity index (χ0) is 16.2. The number of fused-ring (bicyclic) bond motifs is 1. The molecule has 0 bridgehead atoms. The number of aromatic amines is 1. The van der Waals surface area contributed by atoms with Crippen molar-refractivity contribution < 1.29 is 9.59 Å². The van der Waals surface area contributed by atoms with Crippen molar-refractivity contribution in [2.45, 2.75) is 6.92 Å². The van der Waals surface area contributed by atoms with Crippen molar-refractivity contribution in [2.24, 2.45) is 5.10 Å². The normalized spacial score (nSPS) is 11.4. The second-order valence-electron chi connectivity index (χ2n) is 5.08. The van der Waals surface area contributed by atoms with Gasteiger partial charge in [-0.05, 0) is 18.6 Å². The lowest BCUT2D eigenvalue weighted by molar-refractivity contribution is -0.116. The summed E-state index contributed by atoms with van der Waals surface area (Å²) >= 11 is 0. The van der Waals surface area contributed by atoms with Crippen LogP contribution in [0.2, 0.25) is 0 Å². The van der Waals surface area contributed by atoms with E-state index in [2.05, 4.69) is 15.5 Å². The summed E-state index contributed by atoms with van der Waals surface area (Å²) < 4.78 is 0. The molecule has 2 N–H and O–H groups in total. The predicted molar refractivity (Wildman–Crippen MR) is 89.4 cm³/mol. The Hall–Kier alpha value is -3.21. The summed E-state index contributed by atoms with van der Waals surface area (Å²) in [5.74, 6) is -1.38. The van der Waals surface area contributed by atoms with Crippen LogP contribution in [0.4, 0.5) is 0 Å². The Balaban J connectivity index is 1.77. The Labute approximate surface area is 133 Å². The molecule has 114 valence electrons. The van der Waals surface area contributed by atoms with Gasteiger partial charge in [0, 0.05) is 17.1 Å². The van der Waals surface area contributed by atoms with Gasteiger partial charge in [0.15, 0.2) is 0 Å². The number of ketones is 1. The topological polar surface area (TPSA) is 74.3 Å². The average molecular weight is 305 g/mol. The van der Waals surface area contributed by atoms with Crippen LogP contribution in [0.3, 0.4) is 0 Å². The minimum Gasteiger partial charge on any atom is -0.360 e. The average Bonchev–Trinajstić information content (AvgIpc) is 3.03. The molecule has 1 aromatic heterocycles. The van der Waals surface area contributed by atoms with Gasteiger partial charge in [0.05, 0.1) is 11.3 Å². The molecule has 0 spiro atoms. The van der Waals surface area contributed by atoms with E-state index in [1.165, 1.54) is 0 Å². The number of para-hydroxylation sites is 1.